The van der Waals surface area contributed by atoms with E-state index in [1.807, 2.05) is 0 Å². The van der Waals surface area contributed by atoms with Gasteiger partial charge >= 0.3 is 0 Å². The summed E-state index contributed by atoms with van der Waals surface area (Å²) in [5, 5.41) is 2.25. The molecule has 0 heterocycles. The van der Waals surface area contributed by atoms with E-state index in [0.29, 0.717) is 6.26 Å². The third kappa shape index (κ3) is 106. The fraction of sp³-hybridized carbons (Fsp3) is 1.00. The Morgan fingerprint density at radius 3 is 1.50 bits per heavy atom. The van der Waals surface area contributed by atoms with Crippen LogP contribution in [0.5, 0.6) is 0 Å². The molecule has 10 heavy (non-hydrogen) atoms. The first kappa shape index (κ1) is 12.5. The van der Waals surface area contributed by atoms with Crippen molar-refractivity contribution in [3.8, 4) is 0 Å². The van der Waals surface area contributed by atoms with E-state index in [0.717, 1.165) is 0 Å². The molecule has 0 saturated heterocycles. The summed E-state index contributed by atoms with van der Waals surface area (Å²) in [6.45, 7) is 6.75. The first-order valence-corrected chi connectivity index (χ1v) is 4.96. The number of rotatable bonds is 2. The van der Waals surface area contributed by atoms with Gasteiger partial charge < -0.3 is 9.87 Å². The Bertz CT molecular complexity index is 131. The van der Waals surface area contributed by atoms with E-state index in [1.54, 1.807) is 0 Å². The molecule has 0 aliphatic heterocycles. The van der Waals surface area contributed by atoms with Crippen molar-refractivity contribution in [2.24, 2.45) is 0 Å². The molecular weight excluding hydrogens is 154 g/mol. The zero-order chi connectivity index (χ0) is 8.62. The monoisotopic (exact) mass is 169 g/mol. The summed E-state index contributed by atoms with van der Waals surface area (Å²) in [4.78, 5) is 0. The minimum absolute atomic E-state index is 0.604. The quantitative estimate of drug-likeness (QED) is 0.525. The van der Waals surface area contributed by atoms with Crippen molar-refractivity contribution in [1.82, 2.24) is 0 Å². The van der Waals surface area contributed by atoms with E-state index in [1.165, 1.54) is 13.1 Å². The fourth-order valence-electron chi connectivity index (χ4n) is 0.289. The average molecular weight is 169 g/mol. The highest BCUT2D eigenvalue weighted by molar-refractivity contribution is 7.84. The van der Waals surface area contributed by atoms with Crippen LogP contribution in [0, 0.1) is 0 Å². The summed E-state index contributed by atoms with van der Waals surface area (Å²) < 4.78 is 27.2. The van der Waals surface area contributed by atoms with Gasteiger partial charge in [-0.15, -0.1) is 0 Å². The van der Waals surface area contributed by atoms with Crippen LogP contribution in [0.25, 0.3) is 0 Å². The van der Waals surface area contributed by atoms with Crippen LogP contribution in [0.2, 0.25) is 0 Å². The number of hydrogen-bond donors (Lipinski definition) is 1. The highest BCUT2D eigenvalue weighted by Gasteiger charge is 1.67. The van der Waals surface area contributed by atoms with Crippen LogP contribution < -0.4 is 5.32 Å². The van der Waals surface area contributed by atoms with Crippen molar-refractivity contribution in [1.29, 1.82) is 0 Å². The largest absolute Gasteiger partial charge is 0.748 e. The standard InChI is InChI=1S/C4H11N.CH4O3S/c1-3-5-4-2;1-5(2,3)4/h5H,3-4H2,1-2H3;1H3,(H,2,3,4). The van der Waals surface area contributed by atoms with Gasteiger partial charge in [0.2, 0.25) is 0 Å². The van der Waals surface area contributed by atoms with E-state index in [4.69, 9.17) is 13.0 Å². The zero-order valence-electron chi connectivity index (χ0n) is 6.62. The number of hydrogen-bond acceptors (Lipinski definition) is 3. The molecule has 0 aromatic carbocycles. The summed E-state index contributed by atoms with van der Waals surface area (Å²) in [5.74, 6) is 0. The van der Waals surface area contributed by atoms with Crippen LogP contribution in [0.1, 0.15) is 13.8 Å². The summed E-state index contributed by atoms with van der Waals surface area (Å²) in [7, 11) is -3.92. The number of nitrogens with two attached hydrogens (primary N) is 1. The smallest absolute Gasteiger partial charge is 0.0916 e. The van der Waals surface area contributed by atoms with Crippen LogP contribution in [-0.4, -0.2) is 32.3 Å². The van der Waals surface area contributed by atoms with Crippen molar-refractivity contribution in [3.63, 3.8) is 0 Å². The molecule has 0 aromatic rings. The Labute approximate surface area is 62.4 Å². The molecule has 0 aliphatic rings. The van der Waals surface area contributed by atoms with E-state index in [9.17, 15) is 0 Å². The second kappa shape index (κ2) is 6.98. The lowest BCUT2D eigenvalue weighted by Gasteiger charge is -1.90. The molecule has 0 rings (SSSR count). The summed E-state index contributed by atoms with van der Waals surface area (Å²) in [6, 6.07) is 0. The Morgan fingerprint density at radius 1 is 1.30 bits per heavy atom. The Balaban J connectivity index is 0. The maximum atomic E-state index is 9.08. The normalized spacial score (nSPS) is 10.0. The third-order valence-corrected chi connectivity index (χ3v) is 0.577. The van der Waals surface area contributed by atoms with Gasteiger partial charge in [0, 0.05) is 6.26 Å². The minimum atomic E-state index is -3.92. The SMILES string of the molecule is CC[NH2+]CC.CS(=O)(=O)[O-]. The minimum Gasteiger partial charge on any atom is -0.748 e. The molecule has 0 aliphatic carbocycles. The van der Waals surface area contributed by atoms with Crippen LogP contribution in [-0.2, 0) is 10.1 Å². The van der Waals surface area contributed by atoms with Gasteiger partial charge in [0.05, 0.1) is 23.2 Å². The summed E-state index contributed by atoms with van der Waals surface area (Å²) in [5.41, 5.74) is 0. The highest BCUT2D eigenvalue weighted by Crippen LogP contribution is 1.59. The maximum Gasteiger partial charge on any atom is 0.0916 e. The van der Waals surface area contributed by atoms with Crippen molar-refractivity contribution in [2.75, 3.05) is 19.3 Å². The first-order valence-electron chi connectivity index (χ1n) is 3.14. The molecule has 4 nitrogen and oxygen atoms in total. The summed E-state index contributed by atoms with van der Waals surface area (Å²) >= 11 is 0. The Morgan fingerprint density at radius 2 is 1.50 bits per heavy atom. The van der Waals surface area contributed by atoms with E-state index in [2.05, 4.69) is 19.2 Å². The van der Waals surface area contributed by atoms with Gasteiger partial charge in [-0.05, 0) is 13.8 Å². The van der Waals surface area contributed by atoms with Crippen LogP contribution in [0.4, 0.5) is 0 Å². The van der Waals surface area contributed by atoms with Gasteiger partial charge in [-0.1, -0.05) is 0 Å². The van der Waals surface area contributed by atoms with Gasteiger partial charge in [0.15, 0.2) is 0 Å². The van der Waals surface area contributed by atoms with E-state index >= 15 is 0 Å². The second-order valence-electron chi connectivity index (χ2n) is 1.81. The van der Waals surface area contributed by atoms with Gasteiger partial charge in [0.25, 0.3) is 0 Å². The molecule has 0 unspecified atom stereocenters. The molecular formula is C5H15NO3S. The van der Waals surface area contributed by atoms with E-state index < -0.39 is 10.1 Å². The van der Waals surface area contributed by atoms with Crippen LogP contribution in [0.15, 0.2) is 0 Å². The van der Waals surface area contributed by atoms with Crippen molar-refractivity contribution < 1.29 is 18.3 Å². The molecule has 2 N–H and O–H groups in total. The molecule has 0 radical (unpaired) electrons. The van der Waals surface area contributed by atoms with Crippen LogP contribution >= 0.6 is 0 Å². The van der Waals surface area contributed by atoms with Crippen molar-refractivity contribution >= 4 is 10.1 Å². The topological polar surface area (TPSA) is 73.8 Å². The predicted octanol–water partition coefficient (Wildman–Crippen LogP) is -1.25. The molecule has 0 fully saturated rings. The predicted molar refractivity (Wildman–Crippen MR) is 38.6 cm³/mol. The molecule has 5 heteroatoms. The molecule has 0 spiro atoms. The van der Waals surface area contributed by atoms with Gasteiger partial charge in [-0.2, -0.15) is 0 Å². The van der Waals surface area contributed by atoms with Gasteiger partial charge in [-0.25, -0.2) is 8.42 Å². The molecule has 0 saturated carbocycles. The molecule has 0 bridgehead atoms. The van der Waals surface area contributed by atoms with Gasteiger partial charge in [-0.3, -0.25) is 0 Å². The van der Waals surface area contributed by atoms with Crippen LogP contribution in [0.3, 0.4) is 0 Å². The fourth-order valence-corrected chi connectivity index (χ4v) is 0.289. The lowest BCUT2D eigenvalue weighted by atomic mass is 10.7. The maximum absolute atomic E-state index is 9.08. The molecule has 0 atom stereocenters. The molecule has 64 valence electrons. The molecule has 0 amide bonds. The van der Waals surface area contributed by atoms with Crippen molar-refractivity contribution in [2.45, 2.75) is 13.8 Å². The Hall–Kier alpha value is -0.130. The van der Waals surface area contributed by atoms with Gasteiger partial charge in [0.1, 0.15) is 0 Å². The molecule has 0 aromatic heterocycles. The second-order valence-corrected chi connectivity index (χ2v) is 3.22. The van der Waals surface area contributed by atoms with E-state index in [-0.39, 0.29) is 0 Å². The third-order valence-electron chi connectivity index (χ3n) is 0.577. The zero-order valence-corrected chi connectivity index (χ0v) is 7.44. The van der Waals surface area contributed by atoms with Crippen molar-refractivity contribution in [3.05, 3.63) is 0 Å². The highest BCUT2D eigenvalue weighted by atomic mass is 32.2. The number of quaternary nitrogens is 1. The first-order chi connectivity index (χ1) is 4.41. The average Bonchev–Trinajstić information content (AvgIpc) is 1.63. The summed E-state index contributed by atoms with van der Waals surface area (Å²) in [6.07, 6.45) is 0.604. The lowest BCUT2D eigenvalue weighted by Crippen LogP contribution is -2.82. The Kier molecular flexibility index (Phi) is 8.75. The lowest BCUT2D eigenvalue weighted by molar-refractivity contribution is -0.648.